The van der Waals surface area contributed by atoms with Crippen molar-refractivity contribution < 1.29 is 12.8 Å². The van der Waals surface area contributed by atoms with Crippen LogP contribution in [-0.4, -0.2) is 27.5 Å². The summed E-state index contributed by atoms with van der Waals surface area (Å²) in [7, 11) is -1.07. The Kier molecular flexibility index (Phi) is 4.48. The lowest BCUT2D eigenvalue weighted by molar-refractivity contribution is 0.589. The van der Waals surface area contributed by atoms with Crippen LogP contribution >= 0.6 is 15.9 Å². The first-order valence-electron chi connectivity index (χ1n) is 5.94. The number of sulfonamides is 1. The summed E-state index contributed by atoms with van der Waals surface area (Å²) in [5.74, 6) is -0.418. The van der Waals surface area contributed by atoms with Crippen LogP contribution in [0.1, 0.15) is 0 Å². The fourth-order valence-corrected chi connectivity index (χ4v) is 3.65. The van der Waals surface area contributed by atoms with Gasteiger partial charge in [-0.2, -0.15) is 0 Å². The highest BCUT2D eigenvalue weighted by Crippen LogP contribution is 2.29. The predicted molar refractivity (Wildman–Crippen MR) is 83.5 cm³/mol. The maximum absolute atomic E-state index is 13.8. The van der Waals surface area contributed by atoms with Crippen LogP contribution in [0.15, 0.2) is 45.9 Å². The maximum Gasteiger partial charge on any atom is 0.267 e. The Bertz CT molecular complexity index is 768. The lowest BCUT2D eigenvalue weighted by atomic mass is 10.3. The van der Waals surface area contributed by atoms with Gasteiger partial charge in [-0.1, -0.05) is 12.1 Å². The molecule has 1 heterocycles. The molecule has 21 heavy (non-hydrogen) atoms. The van der Waals surface area contributed by atoms with E-state index in [1.54, 1.807) is 13.1 Å². The van der Waals surface area contributed by atoms with Crippen molar-refractivity contribution >= 4 is 37.5 Å². The molecule has 0 aliphatic rings. The van der Waals surface area contributed by atoms with Gasteiger partial charge in [0.25, 0.3) is 10.0 Å². The SMILES string of the molecule is CNc1ncc(Br)cc1S(=O)(=O)N(C)c1ccccc1F. The number of para-hydroxylation sites is 1. The summed E-state index contributed by atoms with van der Waals surface area (Å²) in [5, 5.41) is 2.72. The van der Waals surface area contributed by atoms with Crippen molar-refractivity contribution in [2.45, 2.75) is 4.90 Å². The van der Waals surface area contributed by atoms with Gasteiger partial charge in [-0.05, 0) is 34.1 Å². The van der Waals surface area contributed by atoms with Gasteiger partial charge in [-0.15, -0.1) is 0 Å². The lowest BCUT2D eigenvalue weighted by Crippen LogP contribution is -2.28. The molecule has 0 atom stereocenters. The van der Waals surface area contributed by atoms with Crippen LogP contribution in [0.3, 0.4) is 0 Å². The van der Waals surface area contributed by atoms with Gasteiger partial charge in [0.2, 0.25) is 0 Å². The standard InChI is InChI=1S/C13H13BrFN3O2S/c1-16-13-12(7-9(14)8-17-13)21(19,20)18(2)11-6-4-3-5-10(11)15/h3-8H,1-2H3,(H,16,17). The second-order valence-electron chi connectivity index (χ2n) is 4.17. The Balaban J connectivity index is 2.57. The first-order valence-corrected chi connectivity index (χ1v) is 8.18. The molecule has 0 aliphatic heterocycles. The third-order valence-electron chi connectivity index (χ3n) is 2.89. The number of pyridine rings is 1. The molecule has 2 rings (SSSR count). The average Bonchev–Trinajstić information content (AvgIpc) is 2.47. The zero-order valence-electron chi connectivity index (χ0n) is 11.3. The highest BCUT2D eigenvalue weighted by atomic mass is 79.9. The number of halogens is 2. The van der Waals surface area contributed by atoms with Gasteiger partial charge in [0, 0.05) is 24.8 Å². The monoisotopic (exact) mass is 373 g/mol. The first kappa shape index (κ1) is 15.7. The van der Waals surface area contributed by atoms with Crippen LogP contribution in [0, 0.1) is 5.82 Å². The van der Waals surface area contributed by atoms with E-state index in [-0.39, 0.29) is 16.4 Å². The van der Waals surface area contributed by atoms with Crippen molar-refractivity contribution in [3.05, 3.63) is 46.8 Å². The van der Waals surface area contributed by atoms with E-state index >= 15 is 0 Å². The molecule has 0 spiro atoms. The van der Waals surface area contributed by atoms with Crippen LogP contribution in [0.2, 0.25) is 0 Å². The molecule has 0 saturated heterocycles. The van der Waals surface area contributed by atoms with Crippen LogP contribution in [0.5, 0.6) is 0 Å². The zero-order chi connectivity index (χ0) is 15.6. The number of anilines is 2. The first-order chi connectivity index (χ1) is 9.87. The van der Waals surface area contributed by atoms with E-state index in [4.69, 9.17) is 0 Å². The Morgan fingerprint density at radius 3 is 2.62 bits per heavy atom. The van der Waals surface area contributed by atoms with Crippen molar-refractivity contribution in [2.75, 3.05) is 23.7 Å². The summed E-state index contributed by atoms with van der Waals surface area (Å²) < 4.78 is 40.6. The number of hydrogen-bond donors (Lipinski definition) is 1. The van der Waals surface area contributed by atoms with E-state index in [1.165, 1.54) is 37.5 Å². The third-order valence-corrected chi connectivity index (χ3v) is 5.10. The average molecular weight is 374 g/mol. The minimum Gasteiger partial charge on any atom is -0.372 e. The fraction of sp³-hybridized carbons (Fsp3) is 0.154. The second-order valence-corrected chi connectivity index (χ2v) is 7.03. The summed E-state index contributed by atoms with van der Waals surface area (Å²) in [4.78, 5) is 3.97. The van der Waals surface area contributed by atoms with E-state index in [0.717, 1.165) is 4.31 Å². The number of benzene rings is 1. The summed E-state index contributed by atoms with van der Waals surface area (Å²) in [6, 6.07) is 7.10. The third kappa shape index (κ3) is 3.01. The molecular formula is C13H13BrFN3O2S. The molecule has 8 heteroatoms. The number of aromatic nitrogens is 1. The van der Waals surface area contributed by atoms with E-state index in [9.17, 15) is 12.8 Å². The molecule has 0 fully saturated rings. The molecule has 112 valence electrons. The van der Waals surface area contributed by atoms with E-state index < -0.39 is 15.8 Å². The highest BCUT2D eigenvalue weighted by molar-refractivity contribution is 9.10. The molecule has 1 N–H and O–H groups in total. The van der Waals surface area contributed by atoms with Crippen LogP contribution in [-0.2, 0) is 10.0 Å². The Hall–Kier alpha value is -1.67. The molecule has 0 saturated carbocycles. The van der Waals surface area contributed by atoms with Crippen LogP contribution < -0.4 is 9.62 Å². The van der Waals surface area contributed by atoms with Crippen molar-refractivity contribution in [1.29, 1.82) is 0 Å². The van der Waals surface area contributed by atoms with Crippen molar-refractivity contribution in [1.82, 2.24) is 4.98 Å². The molecule has 5 nitrogen and oxygen atoms in total. The minimum absolute atomic E-state index is 0.0282. The minimum atomic E-state index is -3.94. The normalized spacial score (nSPS) is 11.2. The largest absolute Gasteiger partial charge is 0.372 e. The number of nitrogens with zero attached hydrogens (tertiary/aromatic N) is 2. The Morgan fingerprint density at radius 2 is 2.00 bits per heavy atom. The van der Waals surface area contributed by atoms with Gasteiger partial charge >= 0.3 is 0 Å². The van der Waals surface area contributed by atoms with Crippen LogP contribution in [0.4, 0.5) is 15.9 Å². The van der Waals surface area contributed by atoms with Crippen LogP contribution in [0.25, 0.3) is 0 Å². The molecule has 1 aromatic carbocycles. The summed E-state index contributed by atoms with van der Waals surface area (Å²) >= 11 is 3.19. The van der Waals surface area contributed by atoms with Gasteiger partial charge in [0.1, 0.15) is 16.5 Å². The van der Waals surface area contributed by atoms with E-state index in [2.05, 4.69) is 26.2 Å². The molecule has 0 bridgehead atoms. The lowest BCUT2D eigenvalue weighted by Gasteiger charge is -2.21. The predicted octanol–water partition coefficient (Wildman–Crippen LogP) is 2.85. The summed E-state index contributed by atoms with van der Waals surface area (Å²) in [6.45, 7) is 0. The number of nitrogens with one attached hydrogen (secondary N) is 1. The molecule has 1 aromatic heterocycles. The molecule has 2 aromatic rings. The fourth-order valence-electron chi connectivity index (χ4n) is 1.79. The second kappa shape index (κ2) is 5.98. The van der Waals surface area contributed by atoms with Gasteiger partial charge in [-0.3, -0.25) is 4.31 Å². The van der Waals surface area contributed by atoms with Crippen molar-refractivity contribution in [2.24, 2.45) is 0 Å². The maximum atomic E-state index is 13.8. The Labute approximate surface area is 131 Å². The summed E-state index contributed by atoms with van der Waals surface area (Å²) in [6.07, 6.45) is 1.48. The van der Waals surface area contributed by atoms with Crippen molar-refractivity contribution in [3.8, 4) is 0 Å². The molecular weight excluding hydrogens is 361 g/mol. The Morgan fingerprint density at radius 1 is 1.33 bits per heavy atom. The number of rotatable bonds is 4. The molecule has 0 radical (unpaired) electrons. The van der Waals surface area contributed by atoms with Gasteiger partial charge < -0.3 is 5.32 Å². The molecule has 0 aliphatic carbocycles. The van der Waals surface area contributed by atoms with E-state index in [1.807, 2.05) is 0 Å². The zero-order valence-corrected chi connectivity index (χ0v) is 13.7. The summed E-state index contributed by atoms with van der Waals surface area (Å²) in [5.41, 5.74) is -0.0282. The van der Waals surface area contributed by atoms with Gasteiger partial charge in [-0.25, -0.2) is 17.8 Å². The van der Waals surface area contributed by atoms with E-state index in [0.29, 0.717) is 4.47 Å². The van der Waals surface area contributed by atoms with Crippen molar-refractivity contribution in [3.63, 3.8) is 0 Å². The quantitative estimate of drug-likeness (QED) is 0.894. The van der Waals surface area contributed by atoms with Gasteiger partial charge in [0.15, 0.2) is 0 Å². The number of hydrogen-bond acceptors (Lipinski definition) is 4. The molecule has 0 amide bonds. The molecule has 0 unspecified atom stereocenters. The van der Waals surface area contributed by atoms with Gasteiger partial charge in [0.05, 0.1) is 5.69 Å². The topological polar surface area (TPSA) is 62.3 Å². The smallest absolute Gasteiger partial charge is 0.267 e. The highest BCUT2D eigenvalue weighted by Gasteiger charge is 2.27.